The highest BCUT2D eigenvalue weighted by atomic mass is 35.5. The zero-order valence-electron chi connectivity index (χ0n) is 31.6. The van der Waals surface area contributed by atoms with Gasteiger partial charge in [0, 0.05) is 31.0 Å². The first-order chi connectivity index (χ1) is 26.0. The maximum absolute atomic E-state index is 13.3. The number of fused-ring (bicyclic) bond motifs is 1. The Kier molecular flexibility index (Phi) is 15.1. The SMILES string of the molecule is COc1cc2c(cc1OC)C(CCc1ccccc1)N(CCCC(CCCNC(=O)CCc1ccc(F)cc1)(c1ccccc1)c1ccccc1)CC2.Cl. The van der Waals surface area contributed by atoms with E-state index in [2.05, 4.69) is 113 Å². The van der Waals surface area contributed by atoms with Crippen molar-refractivity contribution in [3.05, 3.63) is 167 Å². The maximum atomic E-state index is 13.3. The minimum atomic E-state index is -0.260. The molecule has 0 aliphatic carbocycles. The third kappa shape index (κ3) is 10.3. The number of hydrogen-bond acceptors (Lipinski definition) is 4. The Morgan fingerprint density at radius 2 is 1.33 bits per heavy atom. The third-order valence-electron chi connectivity index (χ3n) is 11.0. The Labute approximate surface area is 327 Å². The molecule has 5 aromatic rings. The van der Waals surface area contributed by atoms with Gasteiger partial charge >= 0.3 is 0 Å². The van der Waals surface area contributed by atoms with Crippen molar-refractivity contribution in [3.63, 3.8) is 0 Å². The number of nitrogens with one attached hydrogen (secondary N) is 1. The molecule has 284 valence electrons. The highest BCUT2D eigenvalue weighted by molar-refractivity contribution is 5.85. The van der Waals surface area contributed by atoms with Gasteiger partial charge in [0.15, 0.2) is 11.5 Å². The van der Waals surface area contributed by atoms with Crippen molar-refractivity contribution < 1.29 is 18.7 Å². The average Bonchev–Trinajstić information content (AvgIpc) is 3.21. The van der Waals surface area contributed by atoms with Crippen LogP contribution in [0, 0.1) is 5.82 Å². The molecule has 1 atom stereocenters. The van der Waals surface area contributed by atoms with Crippen LogP contribution in [0.5, 0.6) is 11.5 Å². The fourth-order valence-corrected chi connectivity index (χ4v) is 8.22. The molecule has 54 heavy (non-hydrogen) atoms. The van der Waals surface area contributed by atoms with E-state index in [9.17, 15) is 9.18 Å². The summed E-state index contributed by atoms with van der Waals surface area (Å²) in [6.45, 7) is 2.59. The molecule has 1 amide bonds. The first-order valence-corrected chi connectivity index (χ1v) is 19.1. The van der Waals surface area contributed by atoms with Gasteiger partial charge in [-0.15, -0.1) is 12.4 Å². The molecule has 0 aromatic heterocycles. The molecule has 1 unspecified atom stereocenters. The van der Waals surface area contributed by atoms with Gasteiger partial charge in [0.1, 0.15) is 5.82 Å². The second kappa shape index (κ2) is 20.1. The van der Waals surface area contributed by atoms with Crippen LogP contribution in [0.2, 0.25) is 0 Å². The molecular formula is C47H54ClFN2O3. The molecule has 5 aromatic carbocycles. The number of amides is 1. The summed E-state index contributed by atoms with van der Waals surface area (Å²) in [5, 5.41) is 3.17. The van der Waals surface area contributed by atoms with Crippen LogP contribution in [0.3, 0.4) is 0 Å². The topological polar surface area (TPSA) is 50.8 Å². The summed E-state index contributed by atoms with van der Waals surface area (Å²) in [6, 6.07) is 43.7. The molecule has 6 rings (SSSR count). The standard InChI is InChI=1S/C47H53FN2O3.ClH/c1-52-44-34-38-28-33-50(43(42(38)35-45(44)53-2)26-22-36-14-6-3-7-15-36)32-13-30-47(39-16-8-4-9-17-39,40-18-10-5-11-19-40)29-12-31-49-46(51)27-23-37-20-24-41(48)25-21-37;/h3-11,14-21,24-25,34-35,43H,12-13,22-23,26-33H2,1-2H3,(H,49,51);1H. The quantitative estimate of drug-likeness (QED) is 0.0907. The number of hydrogen-bond donors (Lipinski definition) is 1. The molecule has 0 saturated heterocycles. The van der Waals surface area contributed by atoms with Crippen LogP contribution in [0.1, 0.15) is 77.9 Å². The first kappa shape index (κ1) is 40.5. The fraction of sp³-hybridized carbons (Fsp3) is 0.340. The molecule has 1 N–H and O–H groups in total. The molecule has 0 radical (unpaired) electrons. The van der Waals surface area contributed by atoms with E-state index in [1.807, 2.05) is 0 Å². The smallest absolute Gasteiger partial charge is 0.220 e. The van der Waals surface area contributed by atoms with Crippen LogP contribution >= 0.6 is 12.4 Å². The van der Waals surface area contributed by atoms with Gasteiger partial charge in [0.2, 0.25) is 5.91 Å². The van der Waals surface area contributed by atoms with Gasteiger partial charge in [0.25, 0.3) is 0 Å². The van der Waals surface area contributed by atoms with E-state index < -0.39 is 0 Å². The van der Waals surface area contributed by atoms with Crippen LogP contribution in [-0.2, 0) is 29.5 Å². The van der Waals surface area contributed by atoms with Crippen molar-refractivity contribution in [2.45, 2.75) is 69.2 Å². The molecule has 5 nitrogen and oxygen atoms in total. The Hall–Kier alpha value is -4.65. The lowest BCUT2D eigenvalue weighted by Gasteiger charge is -2.40. The van der Waals surface area contributed by atoms with Gasteiger partial charge < -0.3 is 14.8 Å². The summed E-state index contributed by atoms with van der Waals surface area (Å²) >= 11 is 0. The van der Waals surface area contributed by atoms with E-state index in [0.29, 0.717) is 19.4 Å². The van der Waals surface area contributed by atoms with Crippen LogP contribution in [0.25, 0.3) is 0 Å². The number of benzene rings is 5. The predicted octanol–water partition coefficient (Wildman–Crippen LogP) is 10.1. The largest absolute Gasteiger partial charge is 0.493 e. The summed E-state index contributed by atoms with van der Waals surface area (Å²) in [5.74, 6) is 1.35. The monoisotopic (exact) mass is 748 g/mol. The maximum Gasteiger partial charge on any atom is 0.220 e. The third-order valence-corrected chi connectivity index (χ3v) is 11.0. The lowest BCUT2D eigenvalue weighted by molar-refractivity contribution is -0.121. The van der Waals surface area contributed by atoms with Crippen molar-refractivity contribution in [1.29, 1.82) is 0 Å². The molecule has 1 aliphatic heterocycles. The van der Waals surface area contributed by atoms with Gasteiger partial charge in [-0.1, -0.05) is 103 Å². The van der Waals surface area contributed by atoms with Gasteiger partial charge in [-0.2, -0.15) is 0 Å². The number of ether oxygens (including phenoxy) is 2. The number of rotatable bonds is 18. The van der Waals surface area contributed by atoms with Gasteiger partial charge in [-0.25, -0.2) is 4.39 Å². The summed E-state index contributed by atoms with van der Waals surface area (Å²) in [5.41, 5.74) is 7.44. The zero-order valence-corrected chi connectivity index (χ0v) is 32.5. The van der Waals surface area contributed by atoms with Crippen molar-refractivity contribution >= 4 is 18.3 Å². The molecule has 7 heteroatoms. The van der Waals surface area contributed by atoms with Crippen LogP contribution in [-0.4, -0.2) is 44.7 Å². The highest BCUT2D eigenvalue weighted by Gasteiger charge is 2.35. The minimum absolute atomic E-state index is 0. The van der Waals surface area contributed by atoms with E-state index in [0.717, 1.165) is 75.1 Å². The number of carbonyl (C=O) groups is 1. The second-order valence-corrected chi connectivity index (χ2v) is 14.2. The number of carbonyl (C=O) groups excluding carboxylic acids is 1. The van der Waals surface area contributed by atoms with E-state index in [-0.39, 0.29) is 35.6 Å². The number of methoxy groups -OCH3 is 2. The van der Waals surface area contributed by atoms with Gasteiger partial charge in [0.05, 0.1) is 14.2 Å². The zero-order chi connectivity index (χ0) is 36.9. The molecular weight excluding hydrogens is 695 g/mol. The summed E-state index contributed by atoms with van der Waals surface area (Å²) < 4.78 is 24.8. The van der Waals surface area contributed by atoms with Gasteiger partial charge in [-0.05, 0) is 116 Å². The molecule has 0 fully saturated rings. The first-order valence-electron chi connectivity index (χ1n) is 19.1. The summed E-state index contributed by atoms with van der Waals surface area (Å²) in [7, 11) is 3.43. The van der Waals surface area contributed by atoms with Crippen molar-refractivity contribution in [2.75, 3.05) is 33.9 Å². The summed E-state index contributed by atoms with van der Waals surface area (Å²) in [4.78, 5) is 15.5. The second-order valence-electron chi connectivity index (χ2n) is 14.2. The normalized spacial score (nSPS) is 14.1. The molecule has 0 saturated carbocycles. The fourth-order valence-electron chi connectivity index (χ4n) is 8.22. The lowest BCUT2D eigenvalue weighted by Crippen LogP contribution is -2.38. The van der Waals surface area contributed by atoms with Crippen LogP contribution < -0.4 is 14.8 Å². The number of aryl methyl sites for hydroxylation is 2. The lowest BCUT2D eigenvalue weighted by atomic mass is 9.68. The van der Waals surface area contributed by atoms with Gasteiger partial charge in [-0.3, -0.25) is 9.69 Å². The van der Waals surface area contributed by atoms with Crippen molar-refractivity contribution in [1.82, 2.24) is 10.2 Å². The Morgan fingerprint density at radius 1 is 0.759 bits per heavy atom. The average molecular weight is 749 g/mol. The minimum Gasteiger partial charge on any atom is -0.493 e. The van der Waals surface area contributed by atoms with E-state index in [1.54, 1.807) is 26.4 Å². The number of nitrogens with zero attached hydrogens (tertiary/aromatic N) is 1. The summed E-state index contributed by atoms with van der Waals surface area (Å²) in [6.07, 6.45) is 7.76. The van der Waals surface area contributed by atoms with E-state index in [4.69, 9.17) is 9.47 Å². The van der Waals surface area contributed by atoms with Crippen molar-refractivity contribution in [3.8, 4) is 11.5 Å². The highest BCUT2D eigenvalue weighted by Crippen LogP contribution is 2.43. The van der Waals surface area contributed by atoms with E-state index in [1.165, 1.54) is 39.9 Å². The van der Waals surface area contributed by atoms with E-state index >= 15 is 0 Å². The van der Waals surface area contributed by atoms with Crippen LogP contribution in [0.4, 0.5) is 4.39 Å². The Morgan fingerprint density at radius 3 is 1.96 bits per heavy atom. The Bertz CT molecular complexity index is 1830. The Balaban J connectivity index is 0.00000561. The predicted molar refractivity (Wildman–Crippen MR) is 219 cm³/mol. The molecule has 1 aliphatic rings. The number of halogens is 2. The molecule has 0 bridgehead atoms. The molecule has 0 spiro atoms. The van der Waals surface area contributed by atoms with Crippen molar-refractivity contribution in [2.24, 2.45) is 0 Å². The molecule has 1 heterocycles. The van der Waals surface area contributed by atoms with Crippen LogP contribution in [0.15, 0.2) is 127 Å².